The molecule has 4 nitrogen and oxygen atoms in total. The van der Waals surface area contributed by atoms with Crippen molar-refractivity contribution in [2.24, 2.45) is 11.3 Å². The number of rotatable bonds is 3. The first-order valence-corrected chi connectivity index (χ1v) is 6.37. The minimum Gasteiger partial charge on any atom is -0.399 e. The number of aliphatic hydroxyl groups excluding tert-OH is 1. The standard InChI is InChI=1S/C14H19N3O/c1-14(2)6-9(14)7-17-12-4-3-10(15)5-11(12)16-13(17)8-18/h3-5,9,18H,6-8,15H2,1-2H3. The van der Waals surface area contributed by atoms with Crippen molar-refractivity contribution in [2.75, 3.05) is 5.73 Å². The minimum atomic E-state index is -0.0261. The predicted molar refractivity (Wildman–Crippen MR) is 72.0 cm³/mol. The second kappa shape index (κ2) is 3.72. The van der Waals surface area contributed by atoms with Crippen LogP contribution < -0.4 is 5.73 Å². The Kier molecular flexibility index (Phi) is 2.38. The number of nitrogens with two attached hydrogens (primary N) is 1. The molecule has 0 aliphatic heterocycles. The zero-order chi connectivity index (χ0) is 12.9. The molecule has 0 bridgehead atoms. The van der Waals surface area contributed by atoms with E-state index in [1.807, 2.05) is 18.2 Å². The summed E-state index contributed by atoms with van der Waals surface area (Å²) < 4.78 is 2.13. The summed E-state index contributed by atoms with van der Waals surface area (Å²) in [4.78, 5) is 4.45. The second-order valence-corrected chi connectivity index (χ2v) is 5.93. The maximum absolute atomic E-state index is 9.44. The summed E-state index contributed by atoms with van der Waals surface area (Å²) in [5.41, 5.74) is 8.85. The lowest BCUT2D eigenvalue weighted by atomic mass is 10.1. The summed E-state index contributed by atoms with van der Waals surface area (Å²) in [6.45, 7) is 5.48. The molecule has 1 fully saturated rings. The number of nitrogen functional groups attached to an aromatic ring is 1. The molecular weight excluding hydrogens is 226 g/mol. The van der Waals surface area contributed by atoms with Gasteiger partial charge in [0.05, 0.1) is 11.0 Å². The number of fused-ring (bicyclic) bond motifs is 1. The van der Waals surface area contributed by atoms with Crippen LogP contribution in [-0.4, -0.2) is 14.7 Å². The number of hydrogen-bond donors (Lipinski definition) is 2. The molecule has 96 valence electrons. The SMILES string of the molecule is CC1(C)CC1Cn1c(CO)nc2cc(N)ccc21. The zero-order valence-electron chi connectivity index (χ0n) is 10.8. The Balaban J connectivity index is 2.03. The molecule has 18 heavy (non-hydrogen) atoms. The van der Waals surface area contributed by atoms with Gasteiger partial charge in [-0.2, -0.15) is 0 Å². The fourth-order valence-corrected chi connectivity index (χ4v) is 2.63. The van der Waals surface area contributed by atoms with E-state index in [2.05, 4.69) is 23.4 Å². The summed E-state index contributed by atoms with van der Waals surface area (Å²) in [5, 5.41) is 9.44. The third kappa shape index (κ3) is 1.77. The Morgan fingerprint density at radius 2 is 2.22 bits per heavy atom. The van der Waals surface area contributed by atoms with Gasteiger partial charge in [0.25, 0.3) is 0 Å². The molecule has 1 aromatic heterocycles. The predicted octanol–water partition coefficient (Wildman–Crippen LogP) is 2.16. The van der Waals surface area contributed by atoms with Crippen LogP contribution in [0.2, 0.25) is 0 Å². The number of aromatic nitrogens is 2. The van der Waals surface area contributed by atoms with Crippen LogP contribution in [0.15, 0.2) is 18.2 Å². The molecule has 3 rings (SSSR count). The lowest BCUT2D eigenvalue weighted by Gasteiger charge is -2.09. The molecule has 1 heterocycles. The van der Waals surface area contributed by atoms with E-state index < -0.39 is 0 Å². The molecule has 1 aliphatic carbocycles. The summed E-state index contributed by atoms with van der Waals surface area (Å²) in [6.07, 6.45) is 1.24. The molecular formula is C14H19N3O. The summed E-state index contributed by atoms with van der Waals surface area (Å²) >= 11 is 0. The molecule has 4 heteroatoms. The highest BCUT2D eigenvalue weighted by Gasteiger charge is 2.45. The van der Waals surface area contributed by atoms with Crippen LogP contribution in [0.3, 0.4) is 0 Å². The van der Waals surface area contributed by atoms with Gasteiger partial charge in [0.1, 0.15) is 12.4 Å². The van der Waals surface area contributed by atoms with Crippen LogP contribution >= 0.6 is 0 Å². The highest BCUT2D eigenvalue weighted by molar-refractivity contribution is 5.79. The van der Waals surface area contributed by atoms with Crippen molar-refractivity contribution in [3.8, 4) is 0 Å². The molecule has 1 saturated carbocycles. The molecule has 1 atom stereocenters. The first-order chi connectivity index (χ1) is 8.51. The Labute approximate surface area is 106 Å². The minimum absolute atomic E-state index is 0.0261. The molecule has 1 unspecified atom stereocenters. The number of benzene rings is 1. The number of aliphatic hydroxyl groups is 1. The molecule has 0 spiro atoms. The van der Waals surface area contributed by atoms with Crippen LogP contribution in [0, 0.1) is 11.3 Å². The summed E-state index contributed by atoms with van der Waals surface area (Å²) in [6, 6.07) is 5.74. The van der Waals surface area contributed by atoms with E-state index in [1.54, 1.807) is 0 Å². The van der Waals surface area contributed by atoms with Gasteiger partial charge in [0.2, 0.25) is 0 Å². The fraction of sp³-hybridized carbons (Fsp3) is 0.500. The van der Waals surface area contributed by atoms with Gasteiger partial charge in [0.15, 0.2) is 0 Å². The van der Waals surface area contributed by atoms with E-state index in [4.69, 9.17) is 5.73 Å². The zero-order valence-corrected chi connectivity index (χ0v) is 10.8. The van der Waals surface area contributed by atoms with Crippen molar-refractivity contribution in [1.82, 2.24) is 9.55 Å². The Morgan fingerprint density at radius 1 is 1.50 bits per heavy atom. The number of nitrogens with zero attached hydrogens (tertiary/aromatic N) is 2. The van der Waals surface area contributed by atoms with E-state index in [0.29, 0.717) is 17.0 Å². The smallest absolute Gasteiger partial charge is 0.135 e. The van der Waals surface area contributed by atoms with Crippen LogP contribution in [0.1, 0.15) is 26.1 Å². The van der Waals surface area contributed by atoms with Gasteiger partial charge < -0.3 is 15.4 Å². The topological polar surface area (TPSA) is 64.1 Å². The molecule has 0 saturated heterocycles. The third-order valence-electron chi connectivity index (χ3n) is 4.11. The van der Waals surface area contributed by atoms with Crippen molar-refractivity contribution in [1.29, 1.82) is 0 Å². The summed E-state index contributed by atoms with van der Waals surface area (Å²) in [7, 11) is 0. The molecule has 1 aromatic carbocycles. The normalized spacial score (nSPS) is 21.4. The lowest BCUT2D eigenvalue weighted by Crippen LogP contribution is -2.08. The lowest BCUT2D eigenvalue weighted by molar-refractivity contribution is 0.264. The first kappa shape index (κ1) is 11.5. The summed E-state index contributed by atoms with van der Waals surface area (Å²) in [5.74, 6) is 1.41. The van der Waals surface area contributed by atoms with Gasteiger partial charge in [-0.25, -0.2) is 4.98 Å². The van der Waals surface area contributed by atoms with E-state index in [1.165, 1.54) is 6.42 Å². The maximum atomic E-state index is 9.44. The third-order valence-corrected chi connectivity index (χ3v) is 4.11. The Bertz CT molecular complexity index is 600. The maximum Gasteiger partial charge on any atom is 0.135 e. The fourth-order valence-electron chi connectivity index (χ4n) is 2.63. The van der Waals surface area contributed by atoms with E-state index in [9.17, 15) is 5.11 Å². The van der Waals surface area contributed by atoms with Crippen molar-refractivity contribution in [3.05, 3.63) is 24.0 Å². The number of imidazole rings is 1. The van der Waals surface area contributed by atoms with Gasteiger partial charge in [-0.3, -0.25) is 0 Å². The monoisotopic (exact) mass is 245 g/mol. The van der Waals surface area contributed by atoms with Gasteiger partial charge in [-0.05, 0) is 36.0 Å². The average molecular weight is 245 g/mol. The quantitative estimate of drug-likeness (QED) is 0.814. The second-order valence-electron chi connectivity index (χ2n) is 5.93. The van der Waals surface area contributed by atoms with Crippen molar-refractivity contribution in [2.45, 2.75) is 33.4 Å². The molecule has 2 aromatic rings. The molecule has 0 radical (unpaired) electrons. The number of anilines is 1. The molecule has 1 aliphatic rings. The van der Waals surface area contributed by atoms with Crippen LogP contribution in [-0.2, 0) is 13.2 Å². The van der Waals surface area contributed by atoms with E-state index in [-0.39, 0.29) is 6.61 Å². The van der Waals surface area contributed by atoms with Gasteiger partial charge in [0, 0.05) is 12.2 Å². The largest absolute Gasteiger partial charge is 0.399 e. The van der Waals surface area contributed by atoms with Gasteiger partial charge >= 0.3 is 0 Å². The van der Waals surface area contributed by atoms with Gasteiger partial charge in [-0.15, -0.1) is 0 Å². The molecule has 0 amide bonds. The highest BCUT2D eigenvalue weighted by atomic mass is 16.3. The van der Waals surface area contributed by atoms with Crippen molar-refractivity contribution >= 4 is 16.7 Å². The van der Waals surface area contributed by atoms with Gasteiger partial charge in [-0.1, -0.05) is 13.8 Å². The van der Waals surface area contributed by atoms with Crippen LogP contribution in [0.4, 0.5) is 5.69 Å². The molecule has 3 N–H and O–H groups in total. The van der Waals surface area contributed by atoms with Crippen molar-refractivity contribution in [3.63, 3.8) is 0 Å². The Hall–Kier alpha value is -1.55. The van der Waals surface area contributed by atoms with Crippen molar-refractivity contribution < 1.29 is 5.11 Å². The number of hydrogen-bond acceptors (Lipinski definition) is 3. The average Bonchev–Trinajstić information content (AvgIpc) is 2.77. The van der Waals surface area contributed by atoms with Crippen LogP contribution in [0.5, 0.6) is 0 Å². The van der Waals surface area contributed by atoms with Crippen LogP contribution in [0.25, 0.3) is 11.0 Å². The first-order valence-electron chi connectivity index (χ1n) is 6.37. The Morgan fingerprint density at radius 3 is 2.83 bits per heavy atom. The van der Waals surface area contributed by atoms with E-state index >= 15 is 0 Å². The van der Waals surface area contributed by atoms with E-state index in [0.717, 1.165) is 23.4 Å². The highest BCUT2D eigenvalue weighted by Crippen LogP contribution is 2.52.